The molecular weight excluding hydrogens is 268 g/mol. The van der Waals surface area contributed by atoms with E-state index in [4.69, 9.17) is 0 Å². The molecule has 0 spiro atoms. The summed E-state index contributed by atoms with van der Waals surface area (Å²) >= 11 is 0. The molecule has 2 unspecified atom stereocenters. The number of hydrogen-bond donors (Lipinski definition) is 3. The van der Waals surface area contributed by atoms with Gasteiger partial charge in [-0.1, -0.05) is 6.42 Å². The lowest BCUT2D eigenvalue weighted by molar-refractivity contribution is -0.122. The Balaban J connectivity index is 1.83. The fourth-order valence-electron chi connectivity index (χ4n) is 3.36. The number of piperidine rings is 1. The molecule has 120 valence electrons. The lowest BCUT2D eigenvalue weighted by Crippen LogP contribution is -2.54. The van der Waals surface area contributed by atoms with Crippen LogP contribution >= 0.6 is 0 Å². The van der Waals surface area contributed by atoms with E-state index in [1.54, 1.807) is 0 Å². The summed E-state index contributed by atoms with van der Waals surface area (Å²) < 4.78 is 0. The molecule has 0 aromatic heterocycles. The molecule has 3 amide bonds. The van der Waals surface area contributed by atoms with Crippen LogP contribution in [0.4, 0.5) is 4.79 Å². The number of amides is 3. The Kier molecular flexibility index (Phi) is 5.99. The molecule has 2 atom stereocenters. The van der Waals surface area contributed by atoms with Crippen LogP contribution in [0.25, 0.3) is 0 Å². The van der Waals surface area contributed by atoms with Gasteiger partial charge in [-0.25, -0.2) is 4.79 Å². The van der Waals surface area contributed by atoms with Crippen LogP contribution in [0.2, 0.25) is 0 Å². The van der Waals surface area contributed by atoms with E-state index >= 15 is 0 Å². The maximum atomic E-state index is 12.0. The Morgan fingerprint density at radius 2 is 2.05 bits per heavy atom. The third-order valence-electron chi connectivity index (χ3n) is 4.25. The summed E-state index contributed by atoms with van der Waals surface area (Å²) in [6, 6.07) is 0.563. The predicted octanol–water partition coefficient (Wildman–Crippen LogP) is 0.827. The number of urea groups is 1. The molecule has 2 fully saturated rings. The highest BCUT2D eigenvalue weighted by molar-refractivity contribution is 5.95. The highest BCUT2D eigenvalue weighted by Crippen LogP contribution is 2.23. The summed E-state index contributed by atoms with van der Waals surface area (Å²) in [5, 5.41) is 8.64. The Hall–Kier alpha value is -1.14. The van der Waals surface area contributed by atoms with Gasteiger partial charge in [0.15, 0.2) is 0 Å². The van der Waals surface area contributed by atoms with Crippen molar-refractivity contribution in [2.75, 3.05) is 19.6 Å². The van der Waals surface area contributed by atoms with Gasteiger partial charge in [-0.2, -0.15) is 0 Å². The fourth-order valence-corrected chi connectivity index (χ4v) is 3.36. The molecule has 0 bridgehead atoms. The van der Waals surface area contributed by atoms with Gasteiger partial charge in [-0.05, 0) is 52.6 Å². The number of hydrogen-bond acceptors (Lipinski definition) is 4. The van der Waals surface area contributed by atoms with Crippen LogP contribution in [-0.2, 0) is 4.79 Å². The minimum atomic E-state index is -0.400. The quantitative estimate of drug-likeness (QED) is 0.718. The zero-order chi connectivity index (χ0) is 15.2. The molecule has 2 aliphatic heterocycles. The van der Waals surface area contributed by atoms with Gasteiger partial charge in [0.25, 0.3) is 0 Å². The van der Waals surface area contributed by atoms with Crippen molar-refractivity contribution in [3.8, 4) is 0 Å². The molecule has 6 heteroatoms. The van der Waals surface area contributed by atoms with Crippen LogP contribution in [-0.4, -0.2) is 54.6 Å². The summed E-state index contributed by atoms with van der Waals surface area (Å²) in [7, 11) is 0. The highest BCUT2D eigenvalue weighted by atomic mass is 16.2. The van der Waals surface area contributed by atoms with Gasteiger partial charge in [0.05, 0.1) is 6.54 Å². The monoisotopic (exact) mass is 296 g/mol. The molecule has 2 rings (SSSR count). The van der Waals surface area contributed by atoms with Crippen molar-refractivity contribution in [2.45, 2.75) is 64.1 Å². The molecule has 0 aromatic rings. The Morgan fingerprint density at radius 3 is 2.71 bits per heavy atom. The number of nitrogens with one attached hydrogen (secondary N) is 3. The Bertz CT molecular complexity index is 367. The second kappa shape index (κ2) is 7.75. The molecular formula is C15H28N4O2. The normalized spacial score (nSPS) is 26.8. The van der Waals surface area contributed by atoms with E-state index in [2.05, 4.69) is 20.9 Å². The molecule has 2 aliphatic rings. The lowest BCUT2D eigenvalue weighted by atomic mass is 9.94. The van der Waals surface area contributed by atoms with E-state index in [0.29, 0.717) is 18.6 Å². The van der Waals surface area contributed by atoms with Crippen molar-refractivity contribution in [1.29, 1.82) is 0 Å². The van der Waals surface area contributed by atoms with Crippen LogP contribution in [0.1, 0.15) is 46.0 Å². The zero-order valence-electron chi connectivity index (χ0n) is 13.2. The molecule has 0 radical (unpaired) electrons. The van der Waals surface area contributed by atoms with Gasteiger partial charge in [-0.15, -0.1) is 0 Å². The van der Waals surface area contributed by atoms with Gasteiger partial charge in [0.1, 0.15) is 0 Å². The SMILES string of the molecule is CC(C)NC(=O)NC(=O)CN1CCCCC1C1CCCN1. The molecule has 0 aliphatic carbocycles. The van der Waals surface area contributed by atoms with Gasteiger partial charge >= 0.3 is 6.03 Å². The maximum Gasteiger partial charge on any atom is 0.321 e. The van der Waals surface area contributed by atoms with Crippen LogP contribution in [0.3, 0.4) is 0 Å². The first-order chi connectivity index (χ1) is 10.1. The maximum absolute atomic E-state index is 12.0. The number of nitrogens with zero attached hydrogens (tertiary/aromatic N) is 1. The van der Waals surface area contributed by atoms with Crippen molar-refractivity contribution < 1.29 is 9.59 Å². The van der Waals surface area contributed by atoms with Crippen molar-refractivity contribution >= 4 is 11.9 Å². The summed E-state index contributed by atoms with van der Waals surface area (Å²) in [5.41, 5.74) is 0. The third kappa shape index (κ3) is 4.97. The first kappa shape index (κ1) is 16.2. The first-order valence-corrected chi connectivity index (χ1v) is 8.14. The van der Waals surface area contributed by atoms with Crippen LogP contribution in [0.5, 0.6) is 0 Å². The van der Waals surface area contributed by atoms with E-state index in [-0.39, 0.29) is 11.9 Å². The first-order valence-electron chi connectivity index (χ1n) is 8.14. The van der Waals surface area contributed by atoms with E-state index in [0.717, 1.165) is 25.9 Å². The largest absolute Gasteiger partial charge is 0.336 e. The van der Waals surface area contributed by atoms with E-state index in [9.17, 15) is 9.59 Å². The number of rotatable bonds is 4. The minimum absolute atomic E-state index is 0.0308. The zero-order valence-corrected chi connectivity index (χ0v) is 13.2. The fraction of sp³-hybridized carbons (Fsp3) is 0.867. The number of likely N-dealkylation sites (tertiary alicyclic amines) is 1. The topological polar surface area (TPSA) is 73.5 Å². The van der Waals surface area contributed by atoms with Crippen molar-refractivity contribution in [3.63, 3.8) is 0 Å². The number of imide groups is 1. The molecule has 6 nitrogen and oxygen atoms in total. The summed E-state index contributed by atoms with van der Waals surface area (Å²) in [5.74, 6) is -0.210. The summed E-state index contributed by atoms with van der Waals surface area (Å²) in [6.45, 7) is 6.08. The molecule has 0 aromatic carbocycles. The molecule has 0 saturated carbocycles. The molecule has 21 heavy (non-hydrogen) atoms. The summed E-state index contributed by atoms with van der Waals surface area (Å²) in [6.07, 6.45) is 5.92. The van der Waals surface area contributed by atoms with Gasteiger partial charge in [-0.3, -0.25) is 15.0 Å². The Morgan fingerprint density at radius 1 is 1.24 bits per heavy atom. The molecule has 2 saturated heterocycles. The third-order valence-corrected chi connectivity index (χ3v) is 4.25. The second-order valence-electron chi connectivity index (χ2n) is 6.41. The average Bonchev–Trinajstić information content (AvgIpc) is 2.91. The van der Waals surface area contributed by atoms with Crippen molar-refractivity contribution in [2.24, 2.45) is 0 Å². The minimum Gasteiger partial charge on any atom is -0.336 e. The van der Waals surface area contributed by atoms with Crippen LogP contribution in [0.15, 0.2) is 0 Å². The van der Waals surface area contributed by atoms with Gasteiger partial charge in [0.2, 0.25) is 5.91 Å². The number of carbonyl (C=O) groups is 2. The predicted molar refractivity (Wildman–Crippen MR) is 82.0 cm³/mol. The van der Waals surface area contributed by atoms with Crippen LogP contribution in [0, 0.1) is 0 Å². The average molecular weight is 296 g/mol. The highest BCUT2D eigenvalue weighted by Gasteiger charge is 2.32. The lowest BCUT2D eigenvalue weighted by Gasteiger charge is -2.38. The summed E-state index contributed by atoms with van der Waals surface area (Å²) in [4.78, 5) is 25.8. The van der Waals surface area contributed by atoms with E-state index in [1.165, 1.54) is 19.3 Å². The second-order valence-corrected chi connectivity index (χ2v) is 6.41. The van der Waals surface area contributed by atoms with Crippen molar-refractivity contribution in [3.05, 3.63) is 0 Å². The van der Waals surface area contributed by atoms with Crippen LogP contribution < -0.4 is 16.0 Å². The van der Waals surface area contributed by atoms with E-state index in [1.807, 2.05) is 13.8 Å². The van der Waals surface area contributed by atoms with Crippen molar-refractivity contribution in [1.82, 2.24) is 20.9 Å². The van der Waals surface area contributed by atoms with E-state index < -0.39 is 6.03 Å². The number of carbonyl (C=O) groups excluding carboxylic acids is 2. The molecule has 2 heterocycles. The Labute approximate surface area is 127 Å². The van der Waals surface area contributed by atoms with Gasteiger partial charge < -0.3 is 10.6 Å². The van der Waals surface area contributed by atoms with Gasteiger partial charge in [0, 0.05) is 18.1 Å². The molecule has 3 N–H and O–H groups in total. The standard InChI is InChI=1S/C15H28N4O2/c1-11(2)17-15(21)18-14(20)10-19-9-4-3-7-13(19)12-6-5-8-16-12/h11-13,16H,3-10H2,1-2H3,(H2,17,18,20,21). The smallest absolute Gasteiger partial charge is 0.321 e.